The van der Waals surface area contributed by atoms with E-state index >= 15 is 0 Å². The molecule has 2 nitrogen and oxygen atoms in total. The normalized spacial score (nSPS) is 21.6. The molecule has 0 saturated carbocycles. The van der Waals surface area contributed by atoms with Crippen LogP contribution >= 0.6 is 0 Å². The van der Waals surface area contributed by atoms with Crippen LogP contribution in [0.3, 0.4) is 0 Å². The van der Waals surface area contributed by atoms with Gasteiger partial charge in [0.25, 0.3) is 0 Å². The molecule has 1 aliphatic rings. The Hall–Kier alpha value is -0.860. The van der Waals surface area contributed by atoms with Gasteiger partial charge in [0.05, 0.1) is 6.61 Å². The van der Waals surface area contributed by atoms with E-state index in [1.54, 1.807) is 0 Å². The molecule has 1 aromatic rings. The average Bonchev–Trinajstić information content (AvgIpc) is 2.89. The Labute approximate surface area is 104 Å². The Bertz CT molecular complexity index is 327. The molecule has 1 aromatic carbocycles. The predicted octanol–water partition coefficient (Wildman–Crippen LogP) is 2.94. The van der Waals surface area contributed by atoms with Gasteiger partial charge in [-0.05, 0) is 36.8 Å². The molecule has 2 heteroatoms. The van der Waals surface area contributed by atoms with Gasteiger partial charge in [-0.3, -0.25) is 0 Å². The second kappa shape index (κ2) is 6.18. The highest BCUT2D eigenvalue weighted by Gasteiger charge is 2.16. The highest BCUT2D eigenvalue weighted by Crippen LogP contribution is 2.16. The summed E-state index contributed by atoms with van der Waals surface area (Å²) in [6, 6.07) is 9.36. The van der Waals surface area contributed by atoms with Crippen LogP contribution in [0.15, 0.2) is 24.3 Å². The Morgan fingerprint density at radius 1 is 1.35 bits per heavy atom. The molecule has 17 heavy (non-hydrogen) atoms. The predicted molar refractivity (Wildman–Crippen MR) is 71.2 cm³/mol. The Balaban J connectivity index is 1.83. The van der Waals surface area contributed by atoms with Crippen LogP contribution in [0.2, 0.25) is 0 Å². The molecule has 0 aliphatic carbocycles. The van der Waals surface area contributed by atoms with Crippen molar-refractivity contribution < 1.29 is 4.74 Å². The van der Waals surface area contributed by atoms with Gasteiger partial charge in [-0.15, -0.1) is 0 Å². The van der Waals surface area contributed by atoms with Gasteiger partial charge in [0.15, 0.2) is 0 Å². The SMILES string of the molecule is CCc1ccc(C(C)NCC2CCOC2)cc1. The summed E-state index contributed by atoms with van der Waals surface area (Å²) in [5.41, 5.74) is 2.78. The number of hydrogen-bond acceptors (Lipinski definition) is 2. The molecule has 2 atom stereocenters. The third-order valence-electron chi connectivity index (χ3n) is 3.62. The lowest BCUT2D eigenvalue weighted by Gasteiger charge is -2.17. The zero-order valence-electron chi connectivity index (χ0n) is 10.9. The number of ether oxygens (including phenoxy) is 1. The van der Waals surface area contributed by atoms with Gasteiger partial charge in [0.2, 0.25) is 0 Å². The average molecular weight is 233 g/mol. The number of hydrogen-bond donors (Lipinski definition) is 1. The molecular weight excluding hydrogens is 210 g/mol. The summed E-state index contributed by atoms with van der Waals surface area (Å²) < 4.78 is 5.39. The van der Waals surface area contributed by atoms with Crippen molar-refractivity contribution in [1.82, 2.24) is 5.32 Å². The van der Waals surface area contributed by atoms with Gasteiger partial charge < -0.3 is 10.1 Å². The van der Waals surface area contributed by atoms with Crippen molar-refractivity contribution in [3.05, 3.63) is 35.4 Å². The van der Waals surface area contributed by atoms with E-state index in [4.69, 9.17) is 4.74 Å². The molecule has 2 unspecified atom stereocenters. The fourth-order valence-electron chi connectivity index (χ4n) is 2.25. The third kappa shape index (κ3) is 3.55. The van der Waals surface area contributed by atoms with E-state index in [2.05, 4.69) is 43.4 Å². The van der Waals surface area contributed by atoms with E-state index in [0.29, 0.717) is 12.0 Å². The largest absolute Gasteiger partial charge is 0.381 e. The molecule has 1 saturated heterocycles. The second-order valence-corrected chi connectivity index (χ2v) is 4.95. The standard InChI is InChI=1S/C15H23NO/c1-3-13-4-6-15(7-5-13)12(2)16-10-14-8-9-17-11-14/h4-7,12,14,16H,3,8-11H2,1-2H3. The first-order chi connectivity index (χ1) is 8.29. The minimum atomic E-state index is 0.432. The zero-order chi connectivity index (χ0) is 12.1. The molecule has 0 radical (unpaired) electrons. The number of rotatable bonds is 5. The molecule has 1 fully saturated rings. The van der Waals surface area contributed by atoms with Crippen LogP contribution in [0.4, 0.5) is 0 Å². The van der Waals surface area contributed by atoms with Gasteiger partial charge in [-0.1, -0.05) is 31.2 Å². The van der Waals surface area contributed by atoms with E-state index in [9.17, 15) is 0 Å². The molecule has 0 amide bonds. The molecule has 2 rings (SSSR count). The summed E-state index contributed by atoms with van der Waals surface area (Å²) in [5.74, 6) is 0.701. The minimum Gasteiger partial charge on any atom is -0.381 e. The molecule has 0 bridgehead atoms. The van der Waals surface area contributed by atoms with E-state index < -0.39 is 0 Å². The van der Waals surface area contributed by atoms with Crippen molar-refractivity contribution in [3.8, 4) is 0 Å². The summed E-state index contributed by atoms with van der Waals surface area (Å²) >= 11 is 0. The third-order valence-corrected chi connectivity index (χ3v) is 3.62. The van der Waals surface area contributed by atoms with Crippen LogP contribution < -0.4 is 5.32 Å². The molecule has 1 N–H and O–H groups in total. The van der Waals surface area contributed by atoms with E-state index in [1.165, 1.54) is 17.5 Å². The molecule has 0 aromatic heterocycles. The van der Waals surface area contributed by atoms with Gasteiger partial charge in [0, 0.05) is 19.2 Å². The number of aryl methyl sites for hydroxylation is 1. The smallest absolute Gasteiger partial charge is 0.0507 e. The van der Waals surface area contributed by atoms with Crippen molar-refractivity contribution >= 4 is 0 Å². The molecular formula is C15H23NO. The van der Waals surface area contributed by atoms with Crippen LogP contribution in [0, 0.1) is 5.92 Å². The topological polar surface area (TPSA) is 21.3 Å². The number of benzene rings is 1. The molecule has 94 valence electrons. The summed E-state index contributed by atoms with van der Waals surface area (Å²) in [5, 5.41) is 3.60. The van der Waals surface area contributed by atoms with Crippen molar-refractivity contribution in [3.63, 3.8) is 0 Å². The second-order valence-electron chi connectivity index (χ2n) is 4.95. The van der Waals surface area contributed by atoms with Gasteiger partial charge >= 0.3 is 0 Å². The lowest BCUT2D eigenvalue weighted by atomic mass is 10.0. The molecule has 1 aliphatic heterocycles. The number of nitrogens with one attached hydrogen (secondary N) is 1. The maximum absolute atomic E-state index is 5.39. The Kier molecular flexibility index (Phi) is 4.57. The summed E-state index contributed by atoms with van der Waals surface area (Å²) in [4.78, 5) is 0. The quantitative estimate of drug-likeness (QED) is 0.844. The van der Waals surface area contributed by atoms with Crippen molar-refractivity contribution in [2.75, 3.05) is 19.8 Å². The fraction of sp³-hybridized carbons (Fsp3) is 0.600. The highest BCUT2D eigenvalue weighted by molar-refractivity contribution is 5.24. The van der Waals surface area contributed by atoms with Crippen molar-refractivity contribution in [2.24, 2.45) is 5.92 Å². The van der Waals surface area contributed by atoms with Crippen LogP contribution in [0.5, 0.6) is 0 Å². The van der Waals surface area contributed by atoms with Crippen molar-refractivity contribution in [1.29, 1.82) is 0 Å². The van der Waals surface area contributed by atoms with Crippen molar-refractivity contribution in [2.45, 2.75) is 32.7 Å². The minimum absolute atomic E-state index is 0.432. The lowest BCUT2D eigenvalue weighted by Crippen LogP contribution is -2.25. The maximum Gasteiger partial charge on any atom is 0.0507 e. The molecule has 1 heterocycles. The Morgan fingerprint density at radius 2 is 2.12 bits per heavy atom. The summed E-state index contributed by atoms with van der Waals surface area (Å²) in [6.07, 6.45) is 2.32. The highest BCUT2D eigenvalue weighted by atomic mass is 16.5. The van der Waals surface area contributed by atoms with E-state index in [0.717, 1.165) is 26.2 Å². The first kappa shape index (κ1) is 12.6. The lowest BCUT2D eigenvalue weighted by molar-refractivity contribution is 0.184. The van der Waals surface area contributed by atoms with Crippen LogP contribution in [0.1, 0.15) is 37.4 Å². The van der Waals surface area contributed by atoms with Crippen LogP contribution in [-0.2, 0) is 11.2 Å². The first-order valence-corrected chi connectivity index (χ1v) is 6.69. The first-order valence-electron chi connectivity index (χ1n) is 6.69. The summed E-state index contributed by atoms with van der Waals surface area (Å²) in [7, 11) is 0. The zero-order valence-corrected chi connectivity index (χ0v) is 10.9. The maximum atomic E-state index is 5.39. The van der Waals surface area contributed by atoms with Gasteiger partial charge in [-0.25, -0.2) is 0 Å². The fourth-order valence-corrected chi connectivity index (χ4v) is 2.25. The van der Waals surface area contributed by atoms with E-state index in [1.807, 2.05) is 0 Å². The van der Waals surface area contributed by atoms with Gasteiger partial charge in [0.1, 0.15) is 0 Å². The molecule has 0 spiro atoms. The van der Waals surface area contributed by atoms with Crippen LogP contribution in [0.25, 0.3) is 0 Å². The monoisotopic (exact) mass is 233 g/mol. The van der Waals surface area contributed by atoms with Crippen LogP contribution in [-0.4, -0.2) is 19.8 Å². The summed E-state index contributed by atoms with van der Waals surface area (Å²) in [6.45, 7) is 7.35. The van der Waals surface area contributed by atoms with Gasteiger partial charge in [-0.2, -0.15) is 0 Å². The Morgan fingerprint density at radius 3 is 2.71 bits per heavy atom. The van der Waals surface area contributed by atoms with E-state index in [-0.39, 0.29) is 0 Å².